The summed E-state index contributed by atoms with van der Waals surface area (Å²) >= 11 is 0. The van der Waals surface area contributed by atoms with Crippen LogP contribution in [0.4, 0.5) is 4.39 Å². The summed E-state index contributed by atoms with van der Waals surface area (Å²) in [7, 11) is 0. The highest BCUT2D eigenvalue weighted by Crippen LogP contribution is 2.29. The molecule has 0 fully saturated rings. The van der Waals surface area contributed by atoms with Gasteiger partial charge in [0, 0.05) is 19.5 Å². The number of amides is 2. The van der Waals surface area contributed by atoms with Crippen LogP contribution in [0.2, 0.25) is 0 Å². The van der Waals surface area contributed by atoms with Gasteiger partial charge >= 0.3 is 0 Å². The number of halogens is 1. The third-order valence-corrected chi connectivity index (χ3v) is 5.20. The van der Waals surface area contributed by atoms with Crippen LogP contribution in [0.25, 0.3) is 0 Å². The molecule has 0 saturated carbocycles. The topological polar surface area (TPSA) is 49.4 Å². The molecule has 5 heteroatoms. The number of aryl methyl sites for hydroxylation is 1. The first kappa shape index (κ1) is 20.1. The molecule has 1 aliphatic carbocycles. The van der Waals surface area contributed by atoms with Crippen molar-refractivity contribution < 1.29 is 14.0 Å². The molecular formula is C23H27FN2O2. The van der Waals surface area contributed by atoms with Gasteiger partial charge in [-0.3, -0.25) is 9.59 Å². The van der Waals surface area contributed by atoms with Crippen molar-refractivity contribution in [2.45, 2.75) is 45.1 Å². The molecule has 28 heavy (non-hydrogen) atoms. The SMILES string of the molecule is CCCN(CCC(=O)NC1CCCc2ccccc21)C(=O)c1ccccc1F. The number of nitrogens with zero attached hydrogens (tertiary/aromatic N) is 1. The van der Waals surface area contributed by atoms with Gasteiger partial charge in [0.15, 0.2) is 0 Å². The molecule has 4 nitrogen and oxygen atoms in total. The van der Waals surface area contributed by atoms with Crippen molar-refractivity contribution in [1.29, 1.82) is 0 Å². The summed E-state index contributed by atoms with van der Waals surface area (Å²) in [5, 5.41) is 3.11. The van der Waals surface area contributed by atoms with E-state index >= 15 is 0 Å². The molecule has 0 bridgehead atoms. The van der Waals surface area contributed by atoms with Gasteiger partial charge in [0.1, 0.15) is 5.82 Å². The van der Waals surface area contributed by atoms with E-state index in [9.17, 15) is 14.0 Å². The number of nitrogens with one attached hydrogen (secondary N) is 1. The van der Waals surface area contributed by atoms with Gasteiger partial charge in [-0.05, 0) is 48.9 Å². The summed E-state index contributed by atoms with van der Waals surface area (Å²) in [4.78, 5) is 26.8. The van der Waals surface area contributed by atoms with Crippen LogP contribution >= 0.6 is 0 Å². The first-order valence-corrected chi connectivity index (χ1v) is 10.0. The first-order chi connectivity index (χ1) is 13.6. The van der Waals surface area contributed by atoms with Crippen LogP contribution in [-0.4, -0.2) is 29.8 Å². The Labute approximate surface area is 165 Å². The van der Waals surface area contributed by atoms with Crippen molar-refractivity contribution in [1.82, 2.24) is 10.2 Å². The van der Waals surface area contributed by atoms with Gasteiger partial charge in [0.25, 0.3) is 5.91 Å². The third-order valence-electron chi connectivity index (χ3n) is 5.20. The van der Waals surface area contributed by atoms with Crippen molar-refractivity contribution in [2.24, 2.45) is 0 Å². The first-order valence-electron chi connectivity index (χ1n) is 10.0. The monoisotopic (exact) mass is 382 g/mol. The lowest BCUT2D eigenvalue weighted by molar-refractivity contribution is -0.122. The Morgan fingerprint density at radius 1 is 1.11 bits per heavy atom. The van der Waals surface area contributed by atoms with Gasteiger partial charge in [-0.25, -0.2) is 4.39 Å². The van der Waals surface area contributed by atoms with E-state index in [1.54, 1.807) is 17.0 Å². The van der Waals surface area contributed by atoms with Crippen LogP contribution in [0.3, 0.4) is 0 Å². The molecule has 0 saturated heterocycles. The third kappa shape index (κ3) is 4.77. The number of fused-ring (bicyclic) bond motifs is 1. The zero-order valence-corrected chi connectivity index (χ0v) is 16.3. The van der Waals surface area contributed by atoms with Crippen LogP contribution in [0.1, 0.15) is 60.1 Å². The molecule has 3 rings (SSSR count). The Balaban J connectivity index is 1.60. The summed E-state index contributed by atoms with van der Waals surface area (Å²) in [6.45, 7) is 2.73. The molecule has 2 amide bonds. The molecule has 0 radical (unpaired) electrons. The van der Waals surface area contributed by atoms with E-state index in [1.165, 1.54) is 23.3 Å². The Morgan fingerprint density at radius 2 is 1.86 bits per heavy atom. The molecule has 1 unspecified atom stereocenters. The molecule has 0 aromatic heterocycles. The lowest BCUT2D eigenvalue weighted by Gasteiger charge is -2.27. The summed E-state index contributed by atoms with van der Waals surface area (Å²) in [6.07, 6.45) is 3.98. The van der Waals surface area contributed by atoms with E-state index in [-0.39, 0.29) is 36.4 Å². The van der Waals surface area contributed by atoms with Crippen LogP contribution in [0.15, 0.2) is 48.5 Å². The molecule has 2 aromatic rings. The number of hydrogen-bond donors (Lipinski definition) is 1. The van der Waals surface area contributed by atoms with Gasteiger partial charge < -0.3 is 10.2 Å². The molecule has 0 aliphatic heterocycles. The normalized spacial score (nSPS) is 15.6. The summed E-state index contributed by atoms with van der Waals surface area (Å²) in [5.41, 5.74) is 2.54. The fraction of sp³-hybridized carbons (Fsp3) is 0.391. The maximum atomic E-state index is 14.0. The minimum atomic E-state index is -0.531. The highest BCUT2D eigenvalue weighted by molar-refractivity contribution is 5.94. The van der Waals surface area contributed by atoms with E-state index in [2.05, 4.69) is 17.4 Å². The van der Waals surface area contributed by atoms with Crippen molar-refractivity contribution in [2.75, 3.05) is 13.1 Å². The van der Waals surface area contributed by atoms with Gasteiger partial charge in [-0.2, -0.15) is 0 Å². The van der Waals surface area contributed by atoms with Crippen LogP contribution in [-0.2, 0) is 11.2 Å². The number of benzene rings is 2. The van der Waals surface area contributed by atoms with Crippen molar-refractivity contribution >= 4 is 11.8 Å². The number of rotatable bonds is 7. The molecule has 2 aromatic carbocycles. The highest BCUT2D eigenvalue weighted by atomic mass is 19.1. The van der Waals surface area contributed by atoms with E-state index in [0.29, 0.717) is 6.54 Å². The number of hydrogen-bond acceptors (Lipinski definition) is 2. The predicted octanol–water partition coefficient (Wildman–Crippen LogP) is 4.26. The summed E-state index contributed by atoms with van der Waals surface area (Å²) in [6, 6.07) is 14.2. The summed E-state index contributed by atoms with van der Waals surface area (Å²) < 4.78 is 14.0. The average molecular weight is 382 g/mol. The van der Waals surface area contributed by atoms with Gasteiger partial charge in [-0.15, -0.1) is 0 Å². The molecular weight excluding hydrogens is 355 g/mol. The number of carbonyl (C=O) groups is 2. The lowest BCUT2D eigenvalue weighted by atomic mass is 9.87. The standard InChI is InChI=1S/C23H27FN2O2/c1-2-15-26(23(28)19-11-5-6-12-20(19)24)16-14-22(27)25-21-13-7-9-17-8-3-4-10-18(17)21/h3-6,8,10-12,21H,2,7,9,13-16H2,1H3,(H,25,27). The van der Waals surface area contributed by atoms with Crippen molar-refractivity contribution in [3.63, 3.8) is 0 Å². The minimum absolute atomic E-state index is 0.0272. The maximum Gasteiger partial charge on any atom is 0.256 e. The predicted molar refractivity (Wildman–Crippen MR) is 107 cm³/mol. The molecule has 0 spiro atoms. The average Bonchev–Trinajstić information content (AvgIpc) is 2.71. The Kier molecular flexibility index (Phi) is 6.80. The molecule has 1 N–H and O–H groups in total. The van der Waals surface area contributed by atoms with Crippen molar-refractivity contribution in [3.05, 3.63) is 71.0 Å². The van der Waals surface area contributed by atoms with E-state index in [4.69, 9.17) is 0 Å². The highest BCUT2D eigenvalue weighted by Gasteiger charge is 2.23. The maximum absolute atomic E-state index is 14.0. The molecule has 1 atom stereocenters. The second kappa shape index (κ2) is 9.49. The molecule has 0 heterocycles. The Hall–Kier alpha value is -2.69. The van der Waals surface area contributed by atoms with Gasteiger partial charge in [0.05, 0.1) is 11.6 Å². The second-order valence-electron chi connectivity index (χ2n) is 7.23. The zero-order valence-electron chi connectivity index (χ0n) is 16.3. The van der Waals surface area contributed by atoms with E-state index in [1.807, 2.05) is 19.1 Å². The smallest absolute Gasteiger partial charge is 0.256 e. The van der Waals surface area contributed by atoms with Gasteiger partial charge in [-0.1, -0.05) is 43.3 Å². The summed E-state index contributed by atoms with van der Waals surface area (Å²) in [5.74, 6) is -0.975. The fourth-order valence-corrected chi connectivity index (χ4v) is 3.80. The molecule has 148 valence electrons. The van der Waals surface area contributed by atoms with Crippen molar-refractivity contribution in [3.8, 4) is 0 Å². The van der Waals surface area contributed by atoms with Crippen LogP contribution in [0, 0.1) is 5.82 Å². The quantitative estimate of drug-likeness (QED) is 0.778. The Bertz CT molecular complexity index is 837. The number of carbonyl (C=O) groups excluding carboxylic acids is 2. The van der Waals surface area contributed by atoms with Gasteiger partial charge in [0.2, 0.25) is 5.91 Å². The lowest BCUT2D eigenvalue weighted by Crippen LogP contribution is -2.37. The zero-order chi connectivity index (χ0) is 19.9. The largest absolute Gasteiger partial charge is 0.349 e. The Morgan fingerprint density at radius 3 is 2.64 bits per heavy atom. The van der Waals surface area contributed by atoms with Crippen LogP contribution in [0.5, 0.6) is 0 Å². The van der Waals surface area contributed by atoms with E-state index in [0.717, 1.165) is 25.7 Å². The van der Waals surface area contributed by atoms with Crippen LogP contribution < -0.4 is 5.32 Å². The van der Waals surface area contributed by atoms with E-state index < -0.39 is 5.82 Å². The minimum Gasteiger partial charge on any atom is -0.349 e. The second-order valence-corrected chi connectivity index (χ2v) is 7.23. The fourth-order valence-electron chi connectivity index (χ4n) is 3.80. The molecule has 1 aliphatic rings.